The minimum Gasteiger partial charge on any atom is -0.493 e. The molecule has 0 saturated carbocycles. The van der Waals surface area contributed by atoms with Gasteiger partial charge in [0.25, 0.3) is 0 Å². The smallest absolute Gasteiger partial charge is 0.493 e. The Morgan fingerprint density at radius 3 is 2.40 bits per heavy atom. The Hall–Kier alpha value is -2.95. The standard InChI is InChI=1S/C14H10N3O2.C5H5.Fe/c18-13(9-5-1-2-6-9)17-16-12-10-7-3-4-8-11(10)15-14(12)19;1-2-4-5-3-1;/h1-8,15,19H;1-5H;/q2*-1;+2. The van der Waals surface area contributed by atoms with Crippen molar-refractivity contribution in [1.82, 2.24) is 4.98 Å². The number of carbonyl (C=O) groups excluding carboxylic acids is 1. The second kappa shape index (κ2) is 8.78. The fourth-order valence-electron chi connectivity index (χ4n) is 2.20. The van der Waals surface area contributed by atoms with Gasteiger partial charge in [-0.05, 0) is 6.07 Å². The molecule has 0 unspecified atom stereocenters. The van der Waals surface area contributed by atoms with E-state index < -0.39 is 5.91 Å². The number of amides is 1. The monoisotopic (exact) mass is 373 g/mol. The first-order valence-corrected chi connectivity index (χ1v) is 7.40. The Kier molecular flexibility index (Phi) is 6.46. The van der Waals surface area contributed by atoms with E-state index in [1.807, 2.05) is 48.5 Å². The maximum atomic E-state index is 11.7. The summed E-state index contributed by atoms with van der Waals surface area (Å²) in [7, 11) is 0. The molecule has 3 aromatic carbocycles. The molecule has 0 fully saturated rings. The van der Waals surface area contributed by atoms with Crippen molar-refractivity contribution in [2.45, 2.75) is 0 Å². The molecule has 0 spiro atoms. The van der Waals surface area contributed by atoms with Gasteiger partial charge in [-0.15, -0.1) is 6.07 Å². The first-order chi connectivity index (χ1) is 11.8. The number of azo groups is 1. The summed E-state index contributed by atoms with van der Waals surface area (Å²) in [6, 6.07) is 24.1. The molecular weight excluding hydrogens is 358 g/mol. The molecule has 6 heteroatoms. The number of benzene rings is 1. The zero-order valence-corrected chi connectivity index (χ0v) is 14.2. The first-order valence-electron chi connectivity index (χ1n) is 7.40. The van der Waals surface area contributed by atoms with E-state index in [9.17, 15) is 9.90 Å². The van der Waals surface area contributed by atoms with E-state index in [1.54, 1.807) is 30.3 Å². The van der Waals surface area contributed by atoms with Gasteiger partial charge in [0.1, 0.15) is 0 Å². The average molecular weight is 373 g/mol. The summed E-state index contributed by atoms with van der Waals surface area (Å²) in [5.41, 5.74) is 1.49. The summed E-state index contributed by atoms with van der Waals surface area (Å²) in [5.74, 6) is -0.532. The van der Waals surface area contributed by atoms with Crippen LogP contribution in [0.25, 0.3) is 10.9 Å². The second-order valence-electron chi connectivity index (χ2n) is 5.01. The van der Waals surface area contributed by atoms with Gasteiger partial charge in [-0.3, -0.25) is 0 Å². The Morgan fingerprint density at radius 1 is 1.00 bits per heavy atom. The third-order valence-corrected chi connectivity index (χ3v) is 3.37. The van der Waals surface area contributed by atoms with Crippen molar-refractivity contribution in [3.8, 4) is 5.88 Å². The number of carbonyl (C=O) groups is 1. The summed E-state index contributed by atoms with van der Waals surface area (Å²) in [6.45, 7) is 0. The van der Waals surface area contributed by atoms with Crippen molar-refractivity contribution in [3.63, 3.8) is 0 Å². The normalized spacial score (nSPS) is 10.2. The summed E-state index contributed by atoms with van der Waals surface area (Å²) in [4.78, 5) is 14.5. The third kappa shape index (κ3) is 4.53. The van der Waals surface area contributed by atoms with E-state index in [4.69, 9.17) is 0 Å². The quantitative estimate of drug-likeness (QED) is 0.297. The summed E-state index contributed by atoms with van der Waals surface area (Å²) in [5, 5.41) is 17.9. The number of rotatable bonds is 2. The van der Waals surface area contributed by atoms with E-state index in [2.05, 4.69) is 15.2 Å². The average Bonchev–Trinajstić information content (AvgIpc) is 3.35. The number of nitrogens with one attached hydrogen (secondary N) is 1. The van der Waals surface area contributed by atoms with E-state index in [0.29, 0.717) is 5.56 Å². The van der Waals surface area contributed by atoms with Crippen LogP contribution in [-0.4, -0.2) is 16.0 Å². The predicted octanol–water partition coefficient (Wildman–Crippen LogP) is 4.92. The zero-order valence-electron chi connectivity index (χ0n) is 13.1. The predicted molar refractivity (Wildman–Crippen MR) is 92.9 cm³/mol. The molecule has 1 aromatic heterocycles. The van der Waals surface area contributed by atoms with E-state index >= 15 is 0 Å². The fraction of sp³-hybridized carbons (Fsp3) is 0. The van der Waals surface area contributed by atoms with Crippen LogP contribution in [-0.2, 0) is 17.1 Å². The summed E-state index contributed by atoms with van der Waals surface area (Å²) < 4.78 is 0. The molecule has 5 nitrogen and oxygen atoms in total. The molecule has 1 amide bonds. The molecule has 0 aliphatic rings. The number of aromatic nitrogens is 1. The van der Waals surface area contributed by atoms with Crippen LogP contribution < -0.4 is 0 Å². The van der Waals surface area contributed by atoms with E-state index in [0.717, 1.165) is 10.9 Å². The SMILES string of the molecule is O=C(N=Nc1c(O)[nH]c2ccccc12)c1ccc[cH-]1.[Fe+2].c1cc[cH-]c1. The van der Waals surface area contributed by atoms with Gasteiger partial charge in [-0.2, -0.15) is 46.6 Å². The molecule has 0 aliphatic carbocycles. The number of fused-ring (bicyclic) bond motifs is 1. The van der Waals surface area contributed by atoms with Gasteiger partial charge in [0.05, 0.1) is 5.52 Å². The maximum absolute atomic E-state index is 11.7. The molecule has 0 saturated heterocycles. The topological polar surface area (TPSA) is 77.8 Å². The minimum atomic E-state index is -0.435. The molecule has 4 rings (SSSR count). The Balaban J connectivity index is 0.000000325. The molecule has 0 radical (unpaired) electrons. The van der Waals surface area contributed by atoms with Gasteiger partial charge in [-0.25, -0.2) is 12.1 Å². The van der Waals surface area contributed by atoms with Crippen LogP contribution in [0.1, 0.15) is 10.4 Å². The van der Waals surface area contributed by atoms with Crippen LogP contribution in [0.4, 0.5) is 5.69 Å². The van der Waals surface area contributed by atoms with Gasteiger partial charge in [0.15, 0.2) is 5.69 Å². The first kappa shape index (κ1) is 18.4. The molecule has 25 heavy (non-hydrogen) atoms. The molecule has 0 aliphatic heterocycles. The fourth-order valence-corrected chi connectivity index (χ4v) is 2.20. The van der Waals surface area contributed by atoms with Gasteiger partial charge < -0.3 is 14.9 Å². The molecule has 0 bridgehead atoms. The Morgan fingerprint density at radius 2 is 1.76 bits per heavy atom. The van der Waals surface area contributed by atoms with Gasteiger partial charge >= 0.3 is 17.1 Å². The summed E-state index contributed by atoms with van der Waals surface area (Å²) in [6.07, 6.45) is 0. The molecule has 1 heterocycles. The van der Waals surface area contributed by atoms with E-state index in [1.165, 1.54) is 0 Å². The number of hydrogen-bond acceptors (Lipinski definition) is 3. The van der Waals surface area contributed by atoms with Gasteiger partial charge in [0.2, 0.25) is 11.8 Å². The molecular formula is C19H15FeN3O2. The van der Waals surface area contributed by atoms with Crippen LogP contribution in [0.5, 0.6) is 5.88 Å². The van der Waals surface area contributed by atoms with Crippen molar-refractivity contribution in [1.29, 1.82) is 0 Å². The van der Waals surface area contributed by atoms with E-state index in [-0.39, 0.29) is 28.6 Å². The number of para-hydroxylation sites is 1. The number of aromatic amines is 1. The summed E-state index contributed by atoms with van der Waals surface area (Å²) >= 11 is 0. The molecule has 4 aromatic rings. The third-order valence-electron chi connectivity index (χ3n) is 3.37. The zero-order chi connectivity index (χ0) is 16.8. The van der Waals surface area contributed by atoms with Crippen molar-refractivity contribution < 1.29 is 27.0 Å². The second-order valence-corrected chi connectivity index (χ2v) is 5.01. The van der Waals surface area contributed by atoms with Crippen LogP contribution >= 0.6 is 0 Å². The van der Waals surface area contributed by atoms with Gasteiger partial charge in [-0.1, -0.05) is 23.8 Å². The Bertz CT molecular complexity index is 921. The maximum Gasteiger partial charge on any atom is 2.00 e. The largest absolute Gasteiger partial charge is 2.00 e. The van der Waals surface area contributed by atoms with Crippen LogP contribution in [0, 0.1) is 0 Å². The molecule has 0 atom stereocenters. The van der Waals surface area contributed by atoms with Gasteiger partial charge in [0, 0.05) is 5.39 Å². The minimum absolute atomic E-state index is 0. The molecule has 2 N–H and O–H groups in total. The van der Waals surface area contributed by atoms with Crippen LogP contribution in [0.2, 0.25) is 0 Å². The number of nitrogens with zero attached hydrogens (tertiary/aromatic N) is 2. The van der Waals surface area contributed by atoms with Crippen molar-refractivity contribution in [2.75, 3.05) is 0 Å². The van der Waals surface area contributed by atoms with Crippen molar-refractivity contribution >= 4 is 22.5 Å². The number of H-pyrrole nitrogens is 1. The van der Waals surface area contributed by atoms with Crippen molar-refractivity contribution in [2.24, 2.45) is 10.2 Å². The number of aromatic hydroxyl groups is 1. The van der Waals surface area contributed by atoms with Crippen LogP contribution in [0.3, 0.4) is 0 Å². The molecule has 126 valence electrons. The Labute approximate surface area is 155 Å². The number of hydrogen-bond donors (Lipinski definition) is 2. The van der Waals surface area contributed by atoms with Crippen LogP contribution in [0.15, 0.2) is 89.1 Å². The van der Waals surface area contributed by atoms with Crippen molar-refractivity contribution in [3.05, 3.63) is 84.4 Å².